The van der Waals surface area contributed by atoms with E-state index in [1.807, 2.05) is 68.4 Å². The number of aromatic nitrogens is 1. The number of hydrogen-bond acceptors (Lipinski definition) is 6. The first-order valence-electron chi connectivity index (χ1n) is 11.1. The molecule has 0 bridgehead atoms. The smallest absolute Gasteiger partial charge is 0.308 e. The van der Waals surface area contributed by atoms with Crippen LogP contribution >= 0.6 is 0 Å². The monoisotopic (exact) mass is 435 g/mol. The summed E-state index contributed by atoms with van der Waals surface area (Å²) in [5, 5.41) is 3.09. The fraction of sp³-hybridized carbons (Fsp3) is 0.400. The molecule has 7 heteroatoms. The number of nitrogens with zero attached hydrogens (tertiary/aromatic N) is 2. The predicted molar refractivity (Wildman–Crippen MR) is 122 cm³/mol. The molecule has 1 aliphatic heterocycles. The Kier molecular flexibility index (Phi) is 6.73. The van der Waals surface area contributed by atoms with Crippen molar-refractivity contribution >= 4 is 29.0 Å². The quantitative estimate of drug-likeness (QED) is 0.559. The predicted octanol–water partition coefficient (Wildman–Crippen LogP) is 4.24. The average Bonchev–Trinajstić information content (AvgIpc) is 3.23. The number of amides is 1. The third-order valence-corrected chi connectivity index (χ3v) is 5.68. The molecule has 1 fully saturated rings. The first-order valence-corrected chi connectivity index (χ1v) is 11.1. The minimum Gasteiger partial charge on any atom is -0.463 e. The van der Waals surface area contributed by atoms with Gasteiger partial charge in [0.1, 0.15) is 5.52 Å². The minimum absolute atomic E-state index is 0.0339. The Morgan fingerprint density at radius 2 is 1.78 bits per heavy atom. The second kappa shape index (κ2) is 9.85. The van der Waals surface area contributed by atoms with Gasteiger partial charge in [0, 0.05) is 19.0 Å². The summed E-state index contributed by atoms with van der Waals surface area (Å²) in [6, 6.07) is 17.4. The highest BCUT2D eigenvalue weighted by Crippen LogP contribution is 2.27. The number of para-hydroxylation sites is 2. The van der Waals surface area contributed by atoms with Crippen molar-refractivity contribution in [1.82, 2.24) is 10.3 Å². The van der Waals surface area contributed by atoms with Crippen LogP contribution in [0, 0.1) is 5.92 Å². The van der Waals surface area contributed by atoms with E-state index in [1.54, 1.807) is 0 Å². The van der Waals surface area contributed by atoms with Crippen molar-refractivity contribution in [3.63, 3.8) is 0 Å². The van der Waals surface area contributed by atoms with E-state index < -0.39 is 6.04 Å². The number of piperidine rings is 1. The number of oxazole rings is 1. The van der Waals surface area contributed by atoms with Crippen molar-refractivity contribution in [2.45, 2.75) is 45.3 Å². The number of ether oxygens (including phenoxy) is 1. The molecule has 0 saturated carbocycles. The fourth-order valence-electron chi connectivity index (χ4n) is 4.03. The van der Waals surface area contributed by atoms with E-state index in [0.717, 1.165) is 16.7 Å². The summed E-state index contributed by atoms with van der Waals surface area (Å²) in [7, 11) is 0. The van der Waals surface area contributed by atoms with Crippen LogP contribution in [-0.4, -0.2) is 36.1 Å². The molecule has 168 valence electrons. The first-order chi connectivity index (χ1) is 15.5. The number of nitrogens with one attached hydrogen (secondary N) is 1. The van der Waals surface area contributed by atoms with E-state index in [0.29, 0.717) is 31.9 Å². The summed E-state index contributed by atoms with van der Waals surface area (Å²) in [5.74, 6) is -0.476. The molecule has 7 nitrogen and oxygen atoms in total. The number of hydrogen-bond donors (Lipinski definition) is 1. The lowest BCUT2D eigenvalue weighted by Crippen LogP contribution is -2.42. The Morgan fingerprint density at radius 1 is 1.09 bits per heavy atom. The Labute approximate surface area is 187 Å². The Bertz CT molecular complexity index is 1020. The molecule has 1 amide bonds. The second-order valence-corrected chi connectivity index (χ2v) is 8.44. The molecule has 0 aliphatic carbocycles. The van der Waals surface area contributed by atoms with Gasteiger partial charge in [-0.25, -0.2) is 0 Å². The van der Waals surface area contributed by atoms with Gasteiger partial charge < -0.3 is 19.4 Å². The van der Waals surface area contributed by atoms with Gasteiger partial charge in [-0.2, -0.15) is 4.98 Å². The van der Waals surface area contributed by atoms with Crippen LogP contribution in [-0.2, 0) is 14.3 Å². The largest absolute Gasteiger partial charge is 0.463 e. The fourth-order valence-corrected chi connectivity index (χ4v) is 4.03. The van der Waals surface area contributed by atoms with Gasteiger partial charge in [-0.1, -0.05) is 42.5 Å². The highest BCUT2D eigenvalue weighted by atomic mass is 16.5. The topological polar surface area (TPSA) is 84.7 Å². The molecule has 1 atom stereocenters. The van der Waals surface area contributed by atoms with Crippen LogP contribution in [0.15, 0.2) is 59.0 Å². The number of carbonyl (C=O) groups excluding carboxylic acids is 2. The highest BCUT2D eigenvalue weighted by molar-refractivity contribution is 5.81. The van der Waals surface area contributed by atoms with E-state index in [1.165, 1.54) is 0 Å². The zero-order valence-electron chi connectivity index (χ0n) is 18.5. The second-order valence-electron chi connectivity index (χ2n) is 8.44. The third kappa shape index (κ3) is 5.28. The Balaban J connectivity index is 1.37. The molecule has 2 aromatic carbocycles. The summed E-state index contributed by atoms with van der Waals surface area (Å²) in [5.41, 5.74) is 2.49. The number of anilines is 1. The highest BCUT2D eigenvalue weighted by Gasteiger charge is 2.29. The van der Waals surface area contributed by atoms with Crippen molar-refractivity contribution in [1.29, 1.82) is 0 Å². The molecule has 0 radical (unpaired) electrons. The molecule has 1 unspecified atom stereocenters. The van der Waals surface area contributed by atoms with Crippen LogP contribution < -0.4 is 10.2 Å². The van der Waals surface area contributed by atoms with Gasteiger partial charge in [-0.05, 0) is 44.4 Å². The number of benzene rings is 2. The van der Waals surface area contributed by atoms with Gasteiger partial charge in [-0.15, -0.1) is 0 Å². The van der Waals surface area contributed by atoms with E-state index in [4.69, 9.17) is 9.15 Å². The van der Waals surface area contributed by atoms with Crippen LogP contribution in [0.4, 0.5) is 6.01 Å². The van der Waals surface area contributed by atoms with Crippen molar-refractivity contribution in [3.8, 4) is 0 Å². The van der Waals surface area contributed by atoms with Gasteiger partial charge in [0.15, 0.2) is 5.58 Å². The number of rotatable bonds is 7. The molecule has 3 aromatic rings. The van der Waals surface area contributed by atoms with Crippen LogP contribution in [0.2, 0.25) is 0 Å². The first kappa shape index (κ1) is 21.9. The zero-order chi connectivity index (χ0) is 22.5. The number of carbonyl (C=O) groups is 2. The number of esters is 1. The third-order valence-electron chi connectivity index (χ3n) is 5.68. The molecule has 1 saturated heterocycles. The standard InChI is InChI=1S/C25H29N3O4/c1-17(2)31-23(29)16-21(18-8-4-3-5-9-18)26-24(30)19-12-14-28(15-13-19)25-27-20-10-6-7-11-22(20)32-25/h3-11,17,19,21H,12-16H2,1-2H3,(H,26,30). The SMILES string of the molecule is CC(C)OC(=O)CC(NC(=O)C1CCN(c2nc3ccccc3o2)CC1)c1ccccc1. The lowest BCUT2D eigenvalue weighted by atomic mass is 9.94. The van der Waals surface area contributed by atoms with Gasteiger partial charge in [0.25, 0.3) is 6.01 Å². The molecule has 1 aliphatic rings. The van der Waals surface area contributed by atoms with Crippen LogP contribution in [0.3, 0.4) is 0 Å². The lowest BCUT2D eigenvalue weighted by molar-refractivity contribution is -0.148. The summed E-state index contributed by atoms with van der Waals surface area (Å²) >= 11 is 0. The van der Waals surface area contributed by atoms with Crippen molar-refractivity contribution in [2.24, 2.45) is 5.92 Å². The van der Waals surface area contributed by atoms with Crippen molar-refractivity contribution < 1.29 is 18.7 Å². The van der Waals surface area contributed by atoms with Crippen LogP contribution in [0.5, 0.6) is 0 Å². The maximum atomic E-state index is 13.0. The van der Waals surface area contributed by atoms with E-state index >= 15 is 0 Å². The maximum Gasteiger partial charge on any atom is 0.308 e. The van der Waals surface area contributed by atoms with Crippen LogP contribution in [0.1, 0.15) is 44.7 Å². The van der Waals surface area contributed by atoms with Gasteiger partial charge in [0.05, 0.1) is 18.6 Å². The average molecular weight is 436 g/mol. The summed E-state index contributed by atoms with van der Waals surface area (Å²) in [6.07, 6.45) is 1.31. The molecule has 1 N–H and O–H groups in total. The normalized spacial score (nSPS) is 15.7. The molecule has 32 heavy (non-hydrogen) atoms. The molecular formula is C25H29N3O4. The van der Waals surface area contributed by atoms with Gasteiger partial charge >= 0.3 is 5.97 Å². The lowest BCUT2D eigenvalue weighted by Gasteiger charge is -2.31. The van der Waals surface area contributed by atoms with Gasteiger partial charge in [-0.3, -0.25) is 9.59 Å². The minimum atomic E-state index is -0.412. The Hall–Kier alpha value is -3.35. The van der Waals surface area contributed by atoms with Gasteiger partial charge in [0.2, 0.25) is 5.91 Å². The molecule has 2 heterocycles. The van der Waals surface area contributed by atoms with Crippen molar-refractivity contribution in [3.05, 3.63) is 60.2 Å². The molecular weight excluding hydrogens is 406 g/mol. The van der Waals surface area contributed by atoms with Crippen LogP contribution in [0.25, 0.3) is 11.1 Å². The Morgan fingerprint density at radius 3 is 2.47 bits per heavy atom. The van der Waals surface area contributed by atoms with E-state index in [9.17, 15) is 9.59 Å². The summed E-state index contributed by atoms with van der Waals surface area (Å²) < 4.78 is 11.2. The molecule has 0 spiro atoms. The molecule has 1 aromatic heterocycles. The maximum absolute atomic E-state index is 13.0. The number of fused-ring (bicyclic) bond motifs is 1. The molecule has 4 rings (SSSR count). The summed E-state index contributed by atoms with van der Waals surface area (Å²) in [4.78, 5) is 32.0. The zero-order valence-corrected chi connectivity index (χ0v) is 18.5. The van der Waals surface area contributed by atoms with E-state index in [2.05, 4.69) is 15.2 Å². The van der Waals surface area contributed by atoms with E-state index in [-0.39, 0.29) is 30.3 Å². The summed E-state index contributed by atoms with van der Waals surface area (Å²) in [6.45, 7) is 5.02. The van der Waals surface area contributed by atoms with Crippen molar-refractivity contribution in [2.75, 3.05) is 18.0 Å².